The average molecular weight is 204 g/mol. The minimum absolute atomic E-state index is 0.440. The number of nitrogens with one attached hydrogen (secondary N) is 1. The summed E-state index contributed by atoms with van der Waals surface area (Å²) in [7, 11) is 0. The molecule has 0 bridgehead atoms. The lowest BCUT2D eigenvalue weighted by atomic mass is 10.3. The minimum Gasteiger partial charge on any atom is -0.481 e. The van der Waals surface area contributed by atoms with Crippen molar-refractivity contribution in [1.29, 1.82) is 5.41 Å². The summed E-state index contributed by atoms with van der Waals surface area (Å²) in [6, 6.07) is 0. The van der Waals surface area contributed by atoms with Crippen molar-refractivity contribution in [2.24, 2.45) is 0 Å². The van der Waals surface area contributed by atoms with Crippen LogP contribution in [0, 0.1) is 5.41 Å². The average Bonchev–Trinajstić information content (AvgIpc) is 1.60. The lowest BCUT2D eigenvalue weighted by Crippen LogP contribution is -2.20. The standard InChI is InChI=1S/C4H4Cl3NO2/c5-4(6,7)2(8)1-3(9)10/h8H,1H2,(H,9,10). The van der Waals surface area contributed by atoms with Gasteiger partial charge in [0.05, 0.1) is 12.1 Å². The van der Waals surface area contributed by atoms with Crippen LogP contribution in [0.25, 0.3) is 0 Å². The highest BCUT2D eigenvalue weighted by atomic mass is 35.6. The van der Waals surface area contributed by atoms with E-state index in [1.165, 1.54) is 0 Å². The molecule has 0 saturated carbocycles. The molecule has 0 fully saturated rings. The van der Waals surface area contributed by atoms with Crippen LogP contribution in [0.3, 0.4) is 0 Å². The fraction of sp³-hybridized carbons (Fsp3) is 0.500. The maximum Gasteiger partial charge on any atom is 0.309 e. The van der Waals surface area contributed by atoms with E-state index in [9.17, 15) is 4.79 Å². The van der Waals surface area contributed by atoms with Gasteiger partial charge in [-0.3, -0.25) is 4.79 Å². The number of hydrogen-bond acceptors (Lipinski definition) is 2. The summed E-state index contributed by atoms with van der Waals surface area (Å²) < 4.78 is -1.89. The van der Waals surface area contributed by atoms with Crippen molar-refractivity contribution in [3.8, 4) is 0 Å². The number of alkyl halides is 3. The van der Waals surface area contributed by atoms with Crippen molar-refractivity contribution in [1.82, 2.24) is 0 Å². The molecule has 0 saturated heterocycles. The molecule has 0 atom stereocenters. The van der Waals surface area contributed by atoms with Gasteiger partial charge in [-0.1, -0.05) is 34.8 Å². The second-order valence-corrected chi connectivity index (χ2v) is 3.83. The SMILES string of the molecule is N=C(CC(=O)O)C(Cl)(Cl)Cl. The molecule has 10 heavy (non-hydrogen) atoms. The van der Waals surface area contributed by atoms with Gasteiger partial charge in [0.15, 0.2) is 0 Å². The number of carboxylic acid groups (broad SMARTS) is 1. The van der Waals surface area contributed by atoms with Crippen molar-refractivity contribution in [2.75, 3.05) is 0 Å². The fourth-order valence-corrected chi connectivity index (χ4v) is 0.452. The van der Waals surface area contributed by atoms with Crippen LogP contribution < -0.4 is 0 Å². The van der Waals surface area contributed by atoms with Crippen molar-refractivity contribution in [3.63, 3.8) is 0 Å². The molecular formula is C4H4Cl3NO2. The van der Waals surface area contributed by atoms with Crippen molar-refractivity contribution in [2.45, 2.75) is 10.2 Å². The summed E-state index contributed by atoms with van der Waals surface area (Å²) >= 11 is 15.5. The van der Waals surface area contributed by atoms with Gasteiger partial charge in [-0.2, -0.15) is 0 Å². The van der Waals surface area contributed by atoms with E-state index >= 15 is 0 Å². The maximum absolute atomic E-state index is 9.94. The van der Waals surface area contributed by atoms with Crippen molar-refractivity contribution < 1.29 is 9.90 Å². The van der Waals surface area contributed by atoms with E-state index in [1.54, 1.807) is 0 Å². The van der Waals surface area contributed by atoms with Crippen LogP contribution in [0.15, 0.2) is 0 Å². The van der Waals surface area contributed by atoms with Gasteiger partial charge in [-0.25, -0.2) is 0 Å². The number of halogens is 3. The molecule has 2 N–H and O–H groups in total. The number of carboxylic acids is 1. The van der Waals surface area contributed by atoms with Gasteiger partial charge in [0.25, 0.3) is 0 Å². The van der Waals surface area contributed by atoms with Gasteiger partial charge in [-0.05, 0) is 0 Å². The van der Waals surface area contributed by atoms with Crippen LogP contribution >= 0.6 is 34.8 Å². The molecule has 0 aliphatic rings. The predicted molar refractivity (Wildman–Crippen MR) is 40.3 cm³/mol. The van der Waals surface area contributed by atoms with E-state index in [1.807, 2.05) is 0 Å². The molecule has 0 aromatic rings. The highest BCUT2D eigenvalue weighted by Crippen LogP contribution is 2.28. The van der Waals surface area contributed by atoms with Gasteiger partial charge < -0.3 is 10.5 Å². The summed E-state index contributed by atoms with van der Waals surface area (Å²) in [5, 5.41) is 15.0. The molecule has 3 nitrogen and oxygen atoms in total. The highest BCUT2D eigenvalue weighted by Gasteiger charge is 2.27. The lowest BCUT2D eigenvalue weighted by molar-refractivity contribution is -0.135. The largest absolute Gasteiger partial charge is 0.481 e. The Hall–Kier alpha value is 0.01000. The van der Waals surface area contributed by atoms with E-state index in [0.29, 0.717) is 0 Å². The first kappa shape index (κ1) is 10.0. The maximum atomic E-state index is 9.94. The van der Waals surface area contributed by atoms with Crippen LogP contribution in [0.2, 0.25) is 0 Å². The molecule has 0 heterocycles. The van der Waals surface area contributed by atoms with Gasteiger partial charge >= 0.3 is 5.97 Å². The second kappa shape index (κ2) is 3.42. The van der Waals surface area contributed by atoms with E-state index in [2.05, 4.69) is 0 Å². The Balaban J connectivity index is 3.99. The van der Waals surface area contributed by atoms with E-state index in [0.717, 1.165) is 0 Å². The zero-order chi connectivity index (χ0) is 8.36. The van der Waals surface area contributed by atoms with Crippen molar-refractivity contribution >= 4 is 46.5 Å². The normalized spacial score (nSPS) is 11.1. The molecule has 0 spiro atoms. The monoisotopic (exact) mass is 203 g/mol. The summed E-state index contributed by atoms with van der Waals surface area (Å²) in [6.45, 7) is 0. The number of rotatable bonds is 2. The van der Waals surface area contributed by atoms with E-state index < -0.39 is 21.9 Å². The van der Waals surface area contributed by atoms with Gasteiger partial charge in [0, 0.05) is 0 Å². The minimum atomic E-state index is -1.89. The quantitative estimate of drug-likeness (QED) is 0.533. The molecule has 58 valence electrons. The third kappa shape index (κ3) is 3.93. The van der Waals surface area contributed by atoms with Crippen LogP contribution in [0.1, 0.15) is 6.42 Å². The predicted octanol–water partition coefficient (Wildman–Crippen LogP) is 1.85. The number of aliphatic carboxylic acids is 1. The molecule has 0 rings (SSSR count). The highest BCUT2D eigenvalue weighted by molar-refractivity contribution is 6.76. The van der Waals surface area contributed by atoms with Gasteiger partial charge in [-0.15, -0.1) is 0 Å². The first-order valence-corrected chi connectivity index (χ1v) is 3.34. The molecular weight excluding hydrogens is 200 g/mol. The smallest absolute Gasteiger partial charge is 0.309 e. The Morgan fingerprint density at radius 1 is 1.50 bits per heavy atom. The third-order valence-corrected chi connectivity index (χ3v) is 1.35. The molecule has 0 aromatic heterocycles. The molecule has 0 aliphatic carbocycles. The topological polar surface area (TPSA) is 61.2 Å². The number of carbonyl (C=O) groups is 1. The molecule has 6 heteroatoms. The van der Waals surface area contributed by atoms with Crippen LogP contribution in [0.4, 0.5) is 0 Å². The molecule has 0 radical (unpaired) electrons. The fourth-order valence-electron chi connectivity index (χ4n) is 0.251. The lowest BCUT2D eigenvalue weighted by Gasteiger charge is -2.09. The summed E-state index contributed by atoms with van der Waals surface area (Å²) in [5.41, 5.74) is -0.440. The Kier molecular flexibility index (Phi) is 3.42. The second-order valence-electron chi connectivity index (χ2n) is 1.55. The summed E-state index contributed by atoms with van der Waals surface area (Å²) in [6.07, 6.45) is -0.545. The van der Waals surface area contributed by atoms with Crippen molar-refractivity contribution in [3.05, 3.63) is 0 Å². The van der Waals surface area contributed by atoms with E-state index in [-0.39, 0.29) is 0 Å². The first-order valence-electron chi connectivity index (χ1n) is 2.20. The Bertz CT molecular complexity index is 162. The van der Waals surface area contributed by atoms with Crippen LogP contribution in [-0.2, 0) is 4.79 Å². The molecule has 0 aromatic carbocycles. The van der Waals surface area contributed by atoms with Gasteiger partial charge in [0.1, 0.15) is 0 Å². The van der Waals surface area contributed by atoms with Crippen LogP contribution in [-0.4, -0.2) is 20.6 Å². The summed E-state index contributed by atoms with van der Waals surface area (Å²) in [4.78, 5) is 9.94. The zero-order valence-corrected chi connectivity index (χ0v) is 6.96. The van der Waals surface area contributed by atoms with Gasteiger partial charge in [0.2, 0.25) is 3.79 Å². The Morgan fingerprint density at radius 3 is 2.00 bits per heavy atom. The van der Waals surface area contributed by atoms with Crippen LogP contribution in [0.5, 0.6) is 0 Å². The summed E-state index contributed by atoms with van der Waals surface area (Å²) in [5.74, 6) is -1.18. The van der Waals surface area contributed by atoms with E-state index in [4.69, 9.17) is 45.3 Å². The third-order valence-electron chi connectivity index (χ3n) is 0.670. The molecule has 0 unspecified atom stereocenters. The number of hydrogen-bond donors (Lipinski definition) is 2. The Morgan fingerprint density at radius 2 is 1.90 bits per heavy atom. The molecule has 0 aliphatic heterocycles. The zero-order valence-electron chi connectivity index (χ0n) is 4.70. The Labute approximate surface area is 72.4 Å². The first-order chi connectivity index (χ1) is 4.34. The molecule has 0 amide bonds.